The lowest BCUT2D eigenvalue weighted by Crippen LogP contribution is -2.51. The summed E-state index contributed by atoms with van der Waals surface area (Å²) < 4.78 is 9.59. The van der Waals surface area contributed by atoms with E-state index in [1.807, 2.05) is 55.5 Å². The third kappa shape index (κ3) is 7.86. The maximum absolute atomic E-state index is 13.8. The molecule has 16 heteroatoms. The average Bonchev–Trinajstić information content (AvgIpc) is 4.01. The van der Waals surface area contributed by atoms with Crippen molar-refractivity contribution >= 4 is 58.1 Å². The number of imidazole rings is 2. The van der Waals surface area contributed by atoms with Crippen molar-refractivity contribution in [2.75, 3.05) is 27.3 Å². The largest absolute Gasteiger partial charge is 0.453 e. The fraction of sp³-hybridized carbons (Fsp3) is 0.550. The third-order valence-corrected chi connectivity index (χ3v) is 13.8. The number of carbonyl (C=O) groups excluding carboxylic acids is 4. The van der Waals surface area contributed by atoms with Gasteiger partial charge in [-0.25, -0.2) is 19.6 Å². The molecule has 0 aliphatic carbocycles. The Balaban J connectivity index is 1.04. The van der Waals surface area contributed by atoms with Crippen LogP contribution in [0.2, 0.25) is 0 Å². The van der Waals surface area contributed by atoms with E-state index < -0.39 is 24.3 Å². The number of alkyl carbamates (subject to hydrolysis) is 2. The normalized spacial score (nSPS) is 23.1. The molecule has 7 rings (SSSR count). The first-order valence-electron chi connectivity index (χ1n) is 19.4. The van der Waals surface area contributed by atoms with Gasteiger partial charge in [0.2, 0.25) is 11.8 Å². The molecular formula is C40H52N8O6S2. The minimum Gasteiger partial charge on any atom is -0.453 e. The molecule has 4 aromatic rings. The number of fused-ring (bicyclic) bond motifs is 2. The summed E-state index contributed by atoms with van der Waals surface area (Å²) in [6.07, 6.45) is 3.09. The van der Waals surface area contributed by atoms with Gasteiger partial charge in [-0.05, 0) is 66.7 Å². The summed E-state index contributed by atoms with van der Waals surface area (Å²) in [6.45, 7) is 13.1. The number of thiophene rings is 1. The van der Waals surface area contributed by atoms with Crippen LogP contribution >= 0.6 is 23.1 Å². The summed E-state index contributed by atoms with van der Waals surface area (Å²) in [5.74, 6) is 1.61. The van der Waals surface area contributed by atoms with Crippen molar-refractivity contribution in [2.45, 2.75) is 95.1 Å². The van der Waals surface area contributed by atoms with E-state index in [-0.39, 0.29) is 46.9 Å². The Labute approximate surface area is 335 Å². The first-order chi connectivity index (χ1) is 26.7. The molecule has 2 fully saturated rings. The van der Waals surface area contributed by atoms with Crippen LogP contribution < -0.4 is 10.6 Å². The van der Waals surface area contributed by atoms with E-state index in [0.717, 1.165) is 52.5 Å². The average molecular weight is 805 g/mol. The van der Waals surface area contributed by atoms with Gasteiger partial charge in [-0.2, -0.15) is 0 Å². The molecule has 3 aliphatic rings. The molecule has 0 spiro atoms. The van der Waals surface area contributed by atoms with Crippen LogP contribution in [0.3, 0.4) is 0 Å². The molecule has 2 unspecified atom stereocenters. The zero-order valence-electron chi connectivity index (χ0n) is 33.2. The van der Waals surface area contributed by atoms with E-state index in [1.165, 1.54) is 29.6 Å². The molecule has 4 N–H and O–H groups in total. The molecule has 2 saturated heterocycles. The Kier molecular flexibility index (Phi) is 11.4. The number of benzene rings is 1. The highest BCUT2D eigenvalue weighted by atomic mass is 32.2. The quantitative estimate of drug-likeness (QED) is 0.132. The first kappa shape index (κ1) is 39.7. The zero-order valence-corrected chi connectivity index (χ0v) is 34.8. The Hall–Kier alpha value is -4.57. The molecule has 56 heavy (non-hydrogen) atoms. The van der Waals surface area contributed by atoms with E-state index in [2.05, 4.69) is 58.7 Å². The van der Waals surface area contributed by atoms with E-state index in [9.17, 15) is 19.2 Å². The number of H-pyrrole nitrogens is 2. The molecule has 0 radical (unpaired) electrons. The van der Waals surface area contributed by atoms with E-state index in [4.69, 9.17) is 19.4 Å². The number of methoxy groups -OCH3 is 2. The molecule has 0 bridgehead atoms. The van der Waals surface area contributed by atoms with Gasteiger partial charge in [0.15, 0.2) is 0 Å². The second-order valence-electron chi connectivity index (χ2n) is 16.2. The molecule has 14 nitrogen and oxygen atoms in total. The summed E-state index contributed by atoms with van der Waals surface area (Å²) in [5, 5.41) is 5.71. The van der Waals surface area contributed by atoms with Crippen molar-refractivity contribution in [3.05, 3.63) is 52.6 Å². The number of carbonyl (C=O) groups is 4. The molecule has 0 saturated carbocycles. The maximum atomic E-state index is 13.8. The fourth-order valence-corrected chi connectivity index (χ4v) is 11.0. The van der Waals surface area contributed by atoms with Gasteiger partial charge in [-0.3, -0.25) is 9.59 Å². The third-order valence-electron chi connectivity index (χ3n) is 11.2. The van der Waals surface area contributed by atoms with Gasteiger partial charge in [-0.15, -0.1) is 23.1 Å². The zero-order chi connectivity index (χ0) is 40.0. The summed E-state index contributed by atoms with van der Waals surface area (Å²) >= 11 is 3.62. The highest BCUT2D eigenvalue weighted by Crippen LogP contribution is 2.52. The van der Waals surface area contributed by atoms with Crippen LogP contribution in [0.25, 0.3) is 21.6 Å². The highest BCUT2D eigenvalue weighted by Gasteiger charge is 2.42. The van der Waals surface area contributed by atoms with Gasteiger partial charge in [0, 0.05) is 28.1 Å². The van der Waals surface area contributed by atoms with Crippen molar-refractivity contribution in [1.82, 2.24) is 40.4 Å². The topological polar surface area (TPSA) is 175 Å². The molecule has 3 aliphatic heterocycles. The van der Waals surface area contributed by atoms with Gasteiger partial charge < -0.3 is 39.9 Å². The van der Waals surface area contributed by atoms with Crippen molar-refractivity contribution in [2.24, 2.45) is 23.7 Å². The Morgan fingerprint density at radius 1 is 0.839 bits per heavy atom. The van der Waals surface area contributed by atoms with Crippen LogP contribution in [0.5, 0.6) is 0 Å². The second kappa shape index (κ2) is 16.1. The Morgan fingerprint density at radius 2 is 1.43 bits per heavy atom. The number of hydrogen-bond donors (Lipinski definition) is 4. The number of aromatic amines is 2. The van der Waals surface area contributed by atoms with Crippen molar-refractivity contribution < 1.29 is 28.7 Å². The number of nitrogens with zero attached hydrogens (tertiary/aromatic N) is 4. The molecule has 4 amide bonds. The lowest BCUT2D eigenvalue weighted by molar-refractivity contribution is -0.136. The Morgan fingerprint density at radius 3 is 1.98 bits per heavy atom. The van der Waals surface area contributed by atoms with E-state index in [0.29, 0.717) is 19.0 Å². The minimum atomic E-state index is -0.694. The first-order valence-corrected chi connectivity index (χ1v) is 21.1. The number of aromatic nitrogens is 4. The van der Waals surface area contributed by atoms with Crippen LogP contribution in [0.15, 0.2) is 35.4 Å². The maximum Gasteiger partial charge on any atom is 0.407 e. The van der Waals surface area contributed by atoms with Gasteiger partial charge in [-0.1, -0.05) is 47.6 Å². The van der Waals surface area contributed by atoms with E-state index >= 15 is 0 Å². The second-order valence-corrected chi connectivity index (χ2v) is 18.6. The number of hydrogen-bond acceptors (Lipinski definition) is 10. The summed E-state index contributed by atoms with van der Waals surface area (Å²) in [6, 6.07) is 6.81. The smallest absolute Gasteiger partial charge is 0.407 e. The molecule has 1 aromatic carbocycles. The predicted molar refractivity (Wildman–Crippen MR) is 215 cm³/mol. The predicted octanol–water partition coefficient (Wildman–Crippen LogP) is 6.98. The highest BCUT2D eigenvalue weighted by molar-refractivity contribution is 8.00. The van der Waals surface area contributed by atoms with Crippen LogP contribution in [0.4, 0.5) is 9.59 Å². The lowest BCUT2D eigenvalue weighted by atomic mass is 10.0. The van der Waals surface area contributed by atoms with Crippen LogP contribution in [0.1, 0.15) is 93.8 Å². The SMILES string of the molecule is COC(=O)N[C@H](C(=O)N1C[C@@H](C)C[C@H]1c1ncc(-c2cc3c(s2)CC(c2ccc4nc([C@@H]5CC(C)CN5C(=O)[C@@H](NC(=O)OC)C(C)C)[nH]c4c2)S3)[nH]1)C(C)C. The van der Waals surface area contributed by atoms with Crippen molar-refractivity contribution in [1.29, 1.82) is 0 Å². The molecular weight excluding hydrogens is 753 g/mol. The van der Waals surface area contributed by atoms with Crippen molar-refractivity contribution in [3.8, 4) is 10.6 Å². The minimum absolute atomic E-state index is 0.107. The number of rotatable bonds is 10. The van der Waals surface area contributed by atoms with Crippen LogP contribution in [0, 0.1) is 23.7 Å². The Bertz CT molecular complexity index is 2090. The van der Waals surface area contributed by atoms with E-state index in [1.54, 1.807) is 11.3 Å². The fourth-order valence-electron chi connectivity index (χ4n) is 8.23. The molecule has 3 aromatic heterocycles. The van der Waals surface area contributed by atoms with Crippen LogP contribution in [-0.4, -0.2) is 93.1 Å². The standard InChI is InChI=1S/C40H52N8O6S2/c1-19(2)33(45-39(51)53-7)37(49)47-17-21(5)11-27(47)35-41-16-26(44-35)30-15-32-31(56-30)14-29(55-32)23-9-10-24-25(13-23)43-36(42-24)28-12-22(6)18-48(28)38(50)34(20(3)4)46-40(52)54-8/h9-10,13,15-16,19-22,27-29,33-34H,11-12,14,17-18H2,1-8H3,(H,41,44)(H,42,43)(H,45,51)(H,46,52)/t21-,22?,27-,28-,29?,33-,34-/m0/s1. The molecule has 300 valence electrons. The molecule has 6 heterocycles. The van der Waals surface area contributed by atoms with Crippen LogP contribution in [-0.2, 0) is 25.5 Å². The number of likely N-dealkylation sites (tertiary alicyclic amines) is 2. The van der Waals surface area contributed by atoms with Crippen molar-refractivity contribution in [3.63, 3.8) is 0 Å². The number of amides is 4. The number of nitrogens with one attached hydrogen (secondary N) is 4. The summed E-state index contributed by atoms with van der Waals surface area (Å²) in [5.41, 5.74) is 3.93. The lowest BCUT2D eigenvalue weighted by Gasteiger charge is -2.30. The molecule has 7 atom stereocenters. The van der Waals surface area contributed by atoms with Gasteiger partial charge >= 0.3 is 12.2 Å². The monoisotopic (exact) mass is 804 g/mol. The number of thioether (sulfide) groups is 1. The summed E-state index contributed by atoms with van der Waals surface area (Å²) in [4.78, 5) is 75.8. The van der Waals surface area contributed by atoms with Gasteiger partial charge in [0.1, 0.15) is 23.7 Å². The van der Waals surface area contributed by atoms with Gasteiger partial charge in [0.25, 0.3) is 0 Å². The number of ether oxygens (including phenoxy) is 2. The van der Waals surface area contributed by atoms with Gasteiger partial charge in [0.05, 0.1) is 54.1 Å². The summed E-state index contributed by atoms with van der Waals surface area (Å²) in [7, 11) is 2.60.